The fourth-order valence-corrected chi connectivity index (χ4v) is 4.60. The van der Waals surface area contributed by atoms with E-state index < -0.39 is 17.4 Å². The molecule has 2 heterocycles. The van der Waals surface area contributed by atoms with Gasteiger partial charge >= 0.3 is 6.18 Å². The highest BCUT2D eigenvalue weighted by Gasteiger charge is 2.43. The summed E-state index contributed by atoms with van der Waals surface area (Å²) in [4.78, 5) is 12.2. The molecule has 10 heteroatoms. The molecule has 1 aliphatic carbocycles. The quantitative estimate of drug-likeness (QED) is 0.778. The van der Waals surface area contributed by atoms with Crippen LogP contribution in [0.1, 0.15) is 43.2 Å². The number of hydrogen-bond donors (Lipinski definition) is 2. The van der Waals surface area contributed by atoms with E-state index in [1.165, 1.54) is 6.07 Å². The van der Waals surface area contributed by atoms with Gasteiger partial charge in [0.2, 0.25) is 11.9 Å². The van der Waals surface area contributed by atoms with E-state index in [1.807, 2.05) is 4.90 Å². The number of nitrogens with two attached hydrogens (primary N) is 2. The number of halogens is 3. The third kappa shape index (κ3) is 4.11. The molecule has 1 saturated carbocycles. The highest BCUT2D eigenvalue weighted by molar-refractivity contribution is 6.05. The lowest BCUT2D eigenvalue weighted by atomic mass is 9.87. The molecule has 4 rings (SSSR count). The summed E-state index contributed by atoms with van der Waals surface area (Å²) in [5.41, 5.74) is 11.2. The molecule has 1 saturated heterocycles. The van der Waals surface area contributed by atoms with Crippen LogP contribution in [0, 0.1) is 0 Å². The Balaban J connectivity index is 1.72. The van der Waals surface area contributed by atoms with Crippen LogP contribution in [0.25, 0.3) is 0 Å². The first-order valence-electron chi connectivity index (χ1n) is 10.3. The average Bonchev–Trinajstić information content (AvgIpc) is 2.69. The molecular weight excluding hydrogens is 397 g/mol. The summed E-state index contributed by atoms with van der Waals surface area (Å²) in [6.07, 6.45) is -0.291. The molecule has 0 amide bonds. The number of rotatable bonds is 3. The van der Waals surface area contributed by atoms with Crippen LogP contribution < -0.4 is 16.4 Å². The maximum Gasteiger partial charge on any atom is 0.416 e. The van der Waals surface area contributed by atoms with Crippen molar-refractivity contribution >= 4 is 17.6 Å². The van der Waals surface area contributed by atoms with E-state index in [4.69, 9.17) is 16.2 Å². The minimum atomic E-state index is -4.48. The average molecular weight is 424 g/mol. The Morgan fingerprint density at radius 3 is 2.43 bits per heavy atom. The van der Waals surface area contributed by atoms with Crippen LogP contribution in [0.15, 0.2) is 28.2 Å². The van der Waals surface area contributed by atoms with Gasteiger partial charge < -0.3 is 16.2 Å². The lowest BCUT2D eigenvalue weighted by Crippen LogP contribution is -2.58. The number of anilines is 1. The maximum absolute atomic E-state index is 14.0. The second kappa shape index (κ2) is 8.07. The molecule has 2 fully saturated rings. The van der Waals surface area contributed by atoms with Crippen molar-refractivity contribution < 1.29 is 17.9 Å². The molecule has 1 spiro atoms. The van der Waals surface area contributed by atoms with Gasteiger partial charge in [-0.15, -0.1) is 0 Å². The minimum absolute atomic E-state index is 0.0747. The number of ether oxygens (including phenoxy) is 1. The maximum atomic E-state index is 14.0. The number of nitrogens with zero attached hydrogens (tertiary/aromatic N) is 4. The highest BCUT2D eigenvalue weighted by Crippen LogP contribution is 2.42. The van der Waals surface area contributed by atoms with E-state index in [9.17, 15) is 13.2 Å². The Kier molecular flexibility index (Phi) is 5.63. The molecule has 164 valence electrons. The van der Waals surface area contributed by atoms with Gasteiger partial charge in [-0.05, 0) is 43.4 Å². The van der Waals surface area contributed by atoms with Gasteiger partial charge in [-0.2, -0.15) is 18.2 Å². The predicted molar refractivity (Wildman–Crippen MR) is 109 cm³/mol. The zero-order valence-electron chi connectivity index (χ0n) is 16.8. The minimum Gasteiger partial charge on any atom is -0.379 e. The van der Waals surface area contributed by atoms with Gasteiger partial charge in [0.05, 0.1) is 18.8 Å². The Labute approximate surface area is 173 Å². The van der Waals surface area contributed by atoms with Crippen molar-refractivity contribution in [2.75, 3.05) is 31.2 Å². The second-order valence-corrected chi connectivity index (χ2v) is 8.05. The molecule has 2 aliphatic heterocycles. The van der Waals surface area contributed by atoms with Crippen LogP contribution in [-0.2, 0) is 17.5 Å². The lowest BCUT2D eigenvalue weighted by molar-refractivity contribution is -0.138. The first kappa shape index (κ1) is 20.9. The largest absolute Gasteiger partial charge is 0.416 e. The third-order valence-corrected chi connectivity index (χ3v) is 6.01. The molecule has 0 bridgehead atoms. The van der Waals surface area contributed by atoms with Crippen molar-refractivity contribution in [1.82, 2.24) is 4.90 Å². The highest BCUT2D eigenvalue weighted by atomic mass is 19.4. The Hall–Kier alpha value is -2.33. The summed E-state index contributed by atoms with van der Waals surface area (Å²) < 4.78 is 47.2. The number of alkyl halides is 3. The van der Waals surface area contributed by atoms with Gasteiger partial charge in [0.15, 0.2) is 0 Å². The molecule has 0 aromatic heterocycles. The summed E-state index contributed by atoms with van der Waals surface area (Å²) in [5, 5.41) is 0. The number of guanidine groups is 2. The standard InChI is InChI=1S/C20H27F3N6O/c21-20(22,23)16-12-15(5-4-14(16)13-28-8-10-30-11-9-28)29-18(25)26-17(24)27-19(29)6-2-1-3-7-19/h4-5,12H,1-3,6-11,13H2,(H4,24,25,26,27). The predicted octanol–water partition coefficient (Wildman–Crippen LogP) is 2.65. The van der Waals surface area contributed by atoms with Gasteiger partial charge in [0.25, 0.3) is 0 Å². The number of hydrogen-bond acceptors (Lipinski definition) is 7. The molecule has 30 heavy (non-hydrogen) atoms. The fourth-order valence-electron chi connectivity index (χ4n) is 4.60. The topological polar surface area (TPSA) is 92.5 Å². The number of benzene rings is 1. The van der Waals surface area contributed by atoms with Crippen LogP contribution in [0.2, 0.25) is 0 Å². The lowest BCUT2D eigenvalue weighted by Gasteiger charge is -2.45. The molecule has 4 N–H and O–H groups in total. The first-order valence-corrected chi connectivity index (χ1v) is 10.3. The van der Waals surface area contributed by atoms with Gasteiger partial charge in [-0.25, -0.2) is 4.99 Å². The summed E-state index contributed by atoms with van der Waals surface area (Å²) >= 11 is 0. The van der Waals surface area contributed by atoms with Crippen LogP contribution in [-0.4, -0.2) is 48.8 Å². The molecule has 1 aromatic rings. The molecule has 7 nitrogen and oxygen atoms in total. The monoisotopic (exact) mass is 424 g/mol. The van der Waals surface area contributed by atoms with Gasteiger partial charge in [0, 0.05) is 25.3 Å². The van der Waals surface area contributed by atoms with E-state index in [0.29, 0.717) is 44.8 Å². The van der Waals surface area contributed by atoms with E-state index in [-0.39, 0.29) is 24.0 Å². The van der Waals surface area contributed by atoms with Crippen molar-refractivity contribution in [3.63, 3.8) is 0 Å². The van der Waals surface area contributed by atoms with E-state index >= 15 is 0 Å². The van der Waals surface area contributed by atoms with Crippen LogP contribution >= 0.6 is 0 Å². The summed E-state index contributed by atoms with van der Waals surface area (Å²) in [7, 11) is 0. The van der Waals surface area contributed by atoms with Gasteiger partial charge in [0.1, 0.15) is 5.66 Å². The Morgan fingerprint density at radius 1 is 1.07 bits per heavy atom. The second-order valence-electron chi connectivity index (χ2n) is 8.05. The van der Waals surface area contributed by atoms with Crippen LogP contribution in [0.3, 0.4) is 0 Å². The Morgan fingerprint density at radius 2 is 1.77 bits per heavy atom. The molecule has 0 unspecified atom stereocenters. The Bertz CT molecular complexity index is 841. The third-order valence-electron chi connectivity index (χ3n) is 6.01. The summed E-state index contributed by atoms with van der Waals surface area (Å²) in [6, 6.07) is 4.39. The SMILES string of the molecule is NC1=NC2(CCCCC2)N(c2ccc(CN3CCOCC3)c(C(F)(F)F)c2)C(N)=N1. The van der Waals surface area contributed by atoms with Crippen LogP contribution in [0.5, 0.6) is 0 Å². The molecular formula is C20H27F3N6O. The van der Waals surface area contributed by atoms with Gasteiger partial charge in [-0.3, -0.25) is 9.80 Å². The zero-order valence-corrected chi connectivity index (χ0v) is 16.8. The van der Waals surface area contributed by atoms with Crippen molar-refractivity contribution in [2.24, 2.45) is 21.5 Å². The number of aliphatic imine (C=N–C) groups is 2. The van der Waals surface area contributed by atoms with Crippen molar-refractivity contribution in [2.45, 2.75) is 50.5 Å². The van der Waals surface area contributed by atoms with Crippen molar-refractivity contribution in [3.05, 3.63) is 29.3 Å². The van der Waals surface area contributed by atoms with Gasteiger partial charge in [-0.1, -0.05) is 12.5 Å². The summed E-state index contributed by atoms with van der Waals surface area (Å²) in [6.45, 7) is 2.51. The normalized spacial score (nSPS) is 22.7. The smallest absolute Gasteiger partial charge is 0.379 e. The van der Waals surface area contributed by atoms with E-state index in [0.717, 1.165) is 19.3 Å². The fraction of sp³-hybridized carbons (Fsp3) is 0.600. The number of morpholine rings is 1. The molecule has 1 aromatic carbocycles. The van der Waals surface area contributed by atoms with Crippen molar-refractivity contribution in [3.8, 4) is 0 Å². The first-order chi connectivity index (χ1) is 14.3. The molecule has 0 radical (unpaired) electrons. The van der Waals surface area contributed by atoms with Crippen molar-refractivity contribution in [1.29, 1.82) is 0 Å². The van der Waals surface area contributed by atoms with Crippen LogP contribution in [0.4, 0.5) is 18.9 Å². The molecule has 0 atom stereocenters. The molecule has 3 aliphatic rings. The van der Waals surface area contributed by atoms with E-state index in [2.05, 4.69) is 9.98 Å². The zero-order chi connectivity index (χ0) is 21.4. The van der Waals surface area contributed by atoms with E-state index in [1.54, 1.807) is 17.0 Å². The summed E-state index contributed by atoms with van der Waals surface area (Å²) in [5.74, 6) is 0.157.